The van der Waals surface area contributed by atoms with Gasteiger partial charge in [-0.05, 0) is 24.5 Å². The lowest BCUT2D eigenvalue weighted by atomic mass is 9.91. The number of halogens is 3. The highest BCUT2D eigenvalue weighted by molar-refractivity contribution is 6.03. The Morgan fingerprint density at radius 1 is 1.26 bits per heavy atom. The van der Waals surface area contributed by atoms with Gasteiger partial charge >= 0.3 is 12.2 Å². The minimum atomic E-state index is -4.66. The Bertz CT molecular complexity index is 942. The number of nitrogens with one attached hydrogen (secondary N) is 2. The van der Waals surface area contributed by atoms with Gasteiger partial charge < -0.3 is 15.5 Å². The number of likely N-dealkylation sites (N-methyl/N-ethyl adjacent to an activating group) is 2. The van der Waals surface area contributed by atoms with Crippen molar-refractivity contribution >= 4 is 17.8 Å². The smallest absolute Gasteiger partial charge is 0.357 e. The fourth-order valence-corrected chi connectivity index (χ4v) is 4.26. The molecule has 4 amide bonds. The van der Waals surface area contributed by atoms with Gasteiger partial charge in [-0.3, -0.25) is 14.5 Å². The van der Waals surface area contributed by atoms with Crippen molar-refractivity contribution in [1.29, 1.82) is 0 Å². The van der Waals surface area contributed by atoms with Crippen LogP contribution in [-0.2, 0) is 15.8 Å². The average molecular weight is 438 g/mol. The zero-order valence-electron chi connectivity index (χ0n) is 17.7. The van der Waals surface area contributed by atoms with Crippen LogP contribution in [0.5, 0.6) is 0 Å². The van der Waals surface area contributed by atoms with Gasteiger partial charge in [-0.15, -0.1) is 0 Å². The van der Waals surface area contributed by atoms with E-state index in [0.29, 0.717) is 5.70 Å². The van der Waals surface area contributed by atoms with Crippen molar-refractivity contribution in [2.45, 2.75) is 39.0 Å². The molecule has 3 rings (SSSR count). The van der Waals surface area contributed by atoms with Crippen molar-refractivity contribution in [2.24, 2.45) is 5.92 Å². The largest absolute Gasteiger partial charge is 0.416 e. The van der Waals surface area contributed by atoms with Crippen molar-refractivity contribution in [3.63, 3.8) is 0 Å². The summed E-state index contributed by atoms with van der Waals surface area (Å²) in [6, 6.07) is 2.20. The quantitative estimate of drug-likeness (QED) is 0.742. The maximum atomic E-state index is 13.7. The van der Waals surface area contributed by atoms with Gasteiger partial charge in [-0.1, -0.05) is 32.0 Å². The van der Waals surface area contributed by atoms with E-state index in [2.05, 4.69) is 10.6 Å². The summed E-state index contributed by atoms with van der Waals surface area (Å²) in [5.41, 5.74) is -0.738. The molecule has 0 fully saturated rings. The van der Waals surface area contributed by atoms with Crippen LogP contribution in [-0.4, -0.2) is 53.8 Å². The van der Waals surface area contributed by atoms with Gasteiger partial charge in [0.1, 0.15) is 6.04 Å². The highest BCUT2D eigenvalue weighted by atomic mass is 19.4. The fraction of sp³-hybridized carbons (Fsp3) is 0.476. The highest BCUT2D eigenvalue weighted by Crippen LogP contribution is 2.42. The minimum absolute atomic E-state index is 0.0314. The standard InChI is InChI=1S/C21H25F3N4O3/c1-5-27-14-10-28(17(11(2)3)18(29)25-4)19(30)15(14)16(26-20(27)31)12-8-6-7-9-13(12)21(22,23)24/h6-9,11,16-17H,5,10H2,1-4H3,(H,25,29)(H,26,31)/t16-,17+/m0/s1. The van der Waals surface area contributed by atoms with Gasteiger partial charge in [0.05, 0.1) is 29.4 Å². The molecule has 0 radical (unpaired) electrons. The third-order valence-corrected chi connectivity index (χ3v) is 5.63. The van der Waals surface area contributed by atoms with Gasteiger partial charge in [-0.25, -0.2) is 4.79 Å². The van der Waals surface area contributed by atoms with E-state index in [4.69, 9.17) is 0 Å². The zero-order chi connectivity index (χ0) is 23.1. The SMILES string of the molecule is CCN1C(=O)N[C@@H](c2ccccc2C(F)(F)F)C2=C1CN([C@@H](C(=O)NC)C(C)C)C2=O. The van der Waals surface area contributed by atoms with Crippen LogP contribution in [0.4, 0.5) is 18.0 Å². The molecule has 0 unspecified atom stereocenters. The maximum Gasteiger partial charge on any atom is 0.416 e. The number of amides is 4. The van der Waals surface area contributed by atoms with Gasteiger partial charge in [-0.2, -0.15) is 13.2 Å². The van der Waals surface area contributed by atoms with E-state index >= 15 is 0 Å². The van der Waals surface area contributed by atoms with E-state index in [-0.39, 0.29) is 36.1 Å². The van der Waals surface area contributed by atoms with Gasteiger partial charge in [0, 0.05) is 13.6 Å². The zero-order valence-corrected chi connectivity index (χ0v) is 17.7. The van der Waals surface area contributed by atoms with E-state index in [0.717, 1.165) is 6.07 Å². The van der Waals surface area contributed by atoms with Crippen molar-refractivity contribution in [1.82, 2.24) is 20.4 Å². The van der Waals surface area contributed by atoms with E-state index in [1.807, 2.05) is 0 Å². The monoisotopic (exact) mass is 438 g/mol. The number of alkyl halides is 3. The van der Waals surface area contributed by atoms with Crippen molar-refractivity contribution in [3.8, 4) is 0 Å². The van der Waals surface area contributed by atoms with Crippen LogP contribution < -0.4 is 10.6 Å². The molecule has 0 saturated carbocycles. The lowest BCUT2D eigenvalue weighted by Gasteiger charge is -2.33. The molecule has 1 aromatic rings. The summed E-state index contributed by atoms with van der Waals surface area (Å²) in [7, 11) is 1.46. The number of carbonyl (C=O) groups excluding carboxylic acids is 3. The second-order valence-corrected chi connectivity index (χ2v) is 7.81. The first-order chi connectivity index (χ1) is 14.5. The first kappa shape index (κ1) is 22.6. The fourth-order valence-electron chi connectivity index (χ4n) is 4.26. The van der Waals surface area contributed by atoms with Crippen molar-refractivity contribution in [2.75, 3.05) is 20.1 Å². The molecule has 2 atom stereocenters. The van der Waals surface area contributed by atoms with E-state index in [9.17, 15) is 27.6 Å². The van der Waals surface area contributed by atoms with Crippen LogP contribution in [0.3, 0.4) is 0 Å². The minimum Gasteiger partial charge on any atom is -0.357 e. The molecular formula is C21H25F3N4O3. The highest BCUT2D eigenvalue weighted by Gasteiger charge is 2.48. The molecule has 168 valence electrons. The van der Waals surface area contributed by atoms with Crippen LogP contribution in [0.2, 0.25) is 0 Å². The summed E-state index contributed by atoms with van der Waals surface area (Å²) in [6.45, 7) is 5.46. The lowest BCUT2D eigenvalue weighted by Crippen LogP contribution is -2.50. The Hall–Kier alpha value is -3.04. The molecule has 2 aliphatic rings. The Labute approximate surface area is 178 Å². The number of urea groups is 1. The van der Waals surface area contributed by atoms with Crippen molar-refractivity contribution < 1.29 is 27.6 Å². The summed E-state index contributed by atoms with van der Waals surface area (Å²) >= 11 is 0. The Kier molecular flexibility index (Phi) is 6.02. The first-order valence-electron chi connectivity index (χ1n) is 10.0. The molecule has 2 heterocycles. The van der Waals surface area contributed by atoms with Crippen LogP contribution >= 0.6 is 0 Å². The summed E-state index contributed by atoms with van der Waals surface area (Å²) < 4.78 is 41.0. The van der Waals surface area contributed by atoms with Gasteiger partial charge in [0.15, 0.2) is 0 Å². The second kappa shape index (κ2) is 8.24. The number of benzene rings is 1. The molecule has 0 spiro atoms. The molecule has 1 aromatic carbocycles. The first-order valence-corrected chi connectivity index (χ1v) is 10.0. The number of hydrogen-bond donors (Lipinski definition) is 2. The Morgan fingerprint density at radius 2 is 1.90 bits per heavy atom. The molecule has 7 nitrogen and oxygen atoms in total. The number of carbonyl (C=O) groups is 3. The molecule has 2 N–H and O–H groups in total. The van der Waals surface area contributed by atoms with Crippen LogP contribution in [0.25, 0.3) is 0 Å². The molecule has 0 aromatic heterocycles. The normalized spacial score (nSPS) is 20.2. The van der Waals surface area contributed by atoms with Crippen LogP contribution in [0.1, 0.15) is 37.9 Å². The molecule has 0 aliphatic carbocycles. The number of hydrogen-bond acceptors (Lipinski definition) is 3. The van der Waals surface area contributed by atoms with Crippen LogP contribution in [0.15, 0.2) is 35.5 Å². The van der Waals surface area contributed by atoms with Crippen molar-refractivity contribution in [3.05, 3.63) is 46.7 Å². The molecule has 31 heavy (non-hydrogen) atoms. The Balaban J connectivity index is 2.14. The number of rotatable bonds is 5. The summed E-state index contributed by atoms with van der Waals surface area (Å²) in [6.07, 6.45) is -4.66. The third-order valence-electron chi connectivity index (χ3n) is 5.63. The topological polar surface area (TPSA) is 81.8 Å². The van der Waals surface area contributed by atoms with Gasteiger partial charge in [0.25, 0.3) is 5.91 Å². The predicted octanol–water partition coefficient (Wildman–Crippen LogP) is 2.66. The molecular weight excluding hydrogens is 413 g/mol. The predicted molar refractivity (Wildman–Crippen MR) is 107 cm³/mol. The lowest BCUT2D eigenvalue weighted by molar-refractivity contribution is -0.139. The number of nitrogens with zero attached hydrogens (tertiary/aromatic N) is 2. The third kappa shape index (κ3) is 3.86. The van der Waals surface area contributed by atoms with E-state index in [1.165, 1.54) is 35.0 Å². The molecule has 10 heteroatoms. The summed E-state index contributed by atoms with van der Waals surface area (Å²) in [5, 5.41) is 5.10. The summed E-state index contributed by atoms with van der Waals surface area (Å²) in [4.78, 5) is 41.3. The van der Waals surface area contributed by atoms with Gasteiger partial charge in [0.2, 0.25) is 5.91 Å². The Morgan fingerprint density at radius 3 is 2.45 bits per heavy atom. The van der Waals surface area contributed by atoms with E-state index in [1.54, 1.807) is 20.8 Å². The summed E-state index contributed by atoms with van der Waals surface area (Å²) in [5.74, 6) is -1.18. The average Bonchev–Trinajstić information content (AvgIpc) is 3.03. The molecule has 0 bridgehead atoms. The van der Waals surface area contributed by atoms with Crippen LogP contribution in [0, 0.1) is 5.92 Å². The maximum absolute atomic E-state index is 13.7. The molecule has 2 aliphatic heterocycles. The second-order valence-electron chi connectivity index (χ2n) is 7.81. The molecule has 0 saturated heterocycles. The van der Waals surface area contributed by atoms with E-state index < -0.39 is 35.8 Å².